The predicted molar refractivity (Wildman–Crippen MR) is 141 cm³/mol. The molecule has 5 aromatic rings. The maximum Gasteiger partial charge on any atom is 0.171 e. The molecule has 1 atom stereocenters. The van der Waals surface area contributed by atoms with Gasteiger partial charge in [0.15, 0.2) is 11.5 Å². The van der Waals surface area contributed by atoms with E-state index in [1.165, 1.54) is 0 Å². The quantitative estimate of drug-likeness (QED) is 0.149. The van der Waals surface area contributed by atoms with Crippen molar-refractivity contribution in [3.63, 3.8) is 0 Å². The molecule has 0 heterocycles. The lowest BCUT2D eigenvalue weighted by Gasteiger charge is -2.30. The van der Waals surface area contributed by atoms with Gasteiger partial charge in [0.05, 0.1) is 6.73 Å². The largest absolute Gasteiger partial charge is 0.479 e. The number of hydrogen-bond acceptors (Lipinski definition) is 8. The Bertz CT molecular complexity index is 1830. The monoisotopic (exact) mass is 482 g/mol. The third kappa shape index (κ3) is 2.59. The lowest BCUT2D eigenvalue weighted by molar-refractivity contribution is 0.0667. The van der Waals surface area contributed by atoms with Crippen LogP contribution >= 0.6 is 0 Å². The highest BCUT2D eigenvalue weighted by Crippen LogP contribution is 2.52. The van der Waals surface area contributed by atoms with Crippen LogP contribution in [0.2, 0.25) is 0 Å². The van der Waals surface area contributed by atoms with E-state index in [9.17, 15) is 0 Å². The van der Waals surface area contributed by atoms with E-state index >= 15 is 0 Å². The molecule has 8 N–H and O–H groups in total. The van der Waals surface area contributed by atoms with E-state index in [-0.39, 0.29) is 26.9 Å². The summed E-state index contributed by atoms with van der Waals surface area (Å²) >= 11 is 0. The molecule has 0 saturated heterocycles. The second-order valence-corrected chi connectivity index (χ2v) is 9.00. The van der Waals surface area contributed by atoms with Crippen LogP contribution in [0, 0.1) is 0 Å². The molecule has 0 saturated carbocycles. The standard InChI is InChI=1S/C28H26N4O4/c29-9-33-25-15-5-1-13-2-6-16-22-19(13)21(15)23-17(26(25)34-10-30)7-3-14-4-8-18(24(22)20(14)23)28(36-12-32)27(16)35-11-31/h1-7,25H,8-12,29-32H2. The Morgan fingerprint density at radius 1 is 0.667 bits per heavy atom. The molecule has 0 amide bonds. The van der Waals surface area contributed by atoms with Gasteiger partial charge in [-0.1, -0.05) is 36.4 Å². The Labute approximate surface area is 205 Å². The van der Waals surface area contributed by atoms with Gasteiger partial charge in [0.25, 0.3) is 0 Å². The molecule has 8 heteroatoms. The number of rotatable bonds is 8. The molecule has 8 nitrogen and oxygen atoms in total. The Morgan fingerprint density at radius 3 is 2.22 bits per heavy atom. The highest BCUT2D eigenvalue weighted by molar-refractivity contribution is 6.37. The van der Waals surface area contributed by atoms with E-state index < -0.39 is 6.10 Å². The van der Waals surface area contributed by atoms with Gasteiger partial charge < -0.3 is 24.7 Å². The Balaban J connectivity index is 1.83. The van der Waals surface area contributed by atoms with E-state index in [1.807, 2.05) is 0 Å². The van der Waals surface area contributed by atoms with Gasteiger partial charge in [-0.3, -0.25) is 17.2 Å². The molecule has 0 spiro atoms. The first-order chi connectivity index (χ1) is 17.7. The number of ether oxygens (including phenoxy) is 4. The van der Waals surface area contributed by atoms with Crippen LogP contribution in [-0.2, 0) is 15.9 Å². The van der Waals surface area contributed by atoms with E-state index in [4.69, 9.17) is 41.9 Å². The molecular weight excluding hydrogens is 456 g/mol. The van der Waals surface area contributed by atoms with E-state index in [0.29, 0.717) is 23.7 Å². The summed E-state index contributed by atoms with van der Waals surface area (Å²) in [6.45, 7) is 0.136. The van der Waals surface area contributed by atoms with Crippen LogP contribution in [0.1, 0.15) is 17.2 Å². The zero-order chi connectivity index (χ0) is 24.6. The molecule has 36 heavy (non-hydrogen) atoms. The maximum atomic E-state index is 6.07. The number of benzene rings is 5. The summed E-state index contributed by atoms with van der Waals surface area (Å²) in [7, 11) is 0. The van der Waals surface area contributed by atoms with Crippen molar-refractivity contribution in [2.75, 3.05) is 26.9 Å². The molecule has 7 rings (SSSR count). The van der Waals surface area contributed by atoms with Crippen molar-refractivity contribution < 1.29 is 18.9 Å². The van der Waals surface area contributed by atoms with Gasteiger partial charge in [-0.2, -0.15) is 0 Å². The zero-order valence-corrected chi connectivity index (χ0v) is 19.6. The molecular formula is C28H26N4O4. The average Bonchev–Trinajstić information content (AvgIpc) is 2.90. The van der Waals surface area contributed by atoms with Crippen LogP contribution in [0.4, 0.5) is 0 Å². The van der Waals surface area contributed by atoms with Gasteiger partial charge in [-0.15, -0.1) is 0 Å². The van der Waals surface area contributed by atoms with Crippen LogP contribution in [0.15, 0.2) is 36.4 Å². The molecule has 5 aromatic carbocycles. The smallest absolute Gasteiger partial charge is 0.171 e. The van der Waals surface area contributed by atoms with Crippen molar-refractivity contribution >= 4 is 54.9 Å². The third-order valence-electron chi connectivity index (χ3n) is 7.50. The van der Waals surface area contributed by atoms with Gasteiger partial charge in [-0.05, 0) is 50.2 Å². The molecule has 0 bridgehead atoms. The first kappa shape index (κ1) is 21.6. The normalized spacial score (nSPS) is 16.1. The second-order valence-electron chi connectivity index (χ2n) is 9.00. The molecule has 0 aliphatic heterocycles. The number of hydrogen-bond donors (Lipinski definition) is 4. The first-order valence-corrected chi connectivity index (χ1v) is 12.0. The van der Waals surface area contributed by atoms with Crippen molar-refractivity contribution in [3.8, 4) is 11.5 Å². The van der Waals surface area contributed by atoms with Gasteiger partial charge >= 0.3 is 0 Å². The summed E-state index contributed by atoms with van der Waals surface area (Å²) in [4.78, 5) is 0. The van der Waals surface area contributed by atoms with Gasteiger partial charge in [-0.25, -0.2) is 0 Å². The summed E-state index contributed by atoms with van der Waals surface area (Å²) in [6.07, 6.45) is 2.44. The molecule has 2 aliphatic carbocycles. The molecule has 0 radical (unpaired) electrons. The maximum absolute atomic E-state index is 6.07. The van der Waals surface area contributed by atoms with Crippen LogP contribution in [0.25, 0.3) is 54.9 Å². The fraction of sp³-hybridized carbons (Fsp3) is 0.214. The number of nitrogens with two attached hydrogens (primary N) is 4. The minimum absolute atomic E-state index is 0.0244. The summed E-state index contributed by atoms with van der Waals surface area (Å²) in [5, 5.41) is 11.0. The predicted octanol–water partition coefficient (Wildman–Crippen LogP) is 1.69. The highest BCUT2D eigenvalue weighted by Gasteiger charge is 2.33. The Hall–Kier alpha value is -3.66. The molecule has 0 fully saturated rings. The van der Waals surface area contributed by atoms with Crippen LogP contribution in [0.3, 0.4) is 0 Å². The van der Waals surface area contributed by atoms with Crippen molar-refractivity contribution in [1.29, 1.82) is 0 Å². The summed E-state index contributed by atoms with van der Waals surface area (Å²) in [5.41, 5.74) is 25.5. The SMILES string of the molecule is NCOC1=c2ccc3c4c5c(c(OCN)c(OCN)c6ccc7ccc(c(c24)c7c65)C1OCN)CC=3. The lowest BCUT2D eigenvalue weighted by Crippen LogP contribution is -2.28. The van der Waals surface area contributed by atoms with Crippen LogP contribution in [0.5, 0.6) is 11.5 Å². The minimum Gasteiger partial charge on any atom is -0.479 e. The van der Waals surface area contributed by atoms with Gasteiger partial charge in [0.1, 0.15) is 32.1 Å². The van der Waals surface area contributed by atoms with Crippen molar-refractivity contribution in [2.45, 2.75) is 12.5 Å². The van der Waals surface area contributed by atoms with Crippen molar-refractivity contribution in [1.82, 2.24) is 0 Å². The van der Waals surface area contributed by atoms with Gasteiger partial charge in [0, 0.05) is 26.9 Å². The Kier molecular flexibility index (Phi) is 4.76. The second kappa shape index (κ2) is 7.92. The first-order valence-electron chi connectivity index (χ1n) is 12.0. The Morgan fingerprint density at radius 2 is 1.44 bits per heavy atom. The lowest BCUT2D eigenvalue weighted by atomic mass is 9.79. The van der Waals surface area contributed by atoms with E-state index in [0.717, 1.165) is 64.7 Å². The van der Waals surface area contributed by atoms with Crippen LogP contribution in [-0.4, -0.2) is 26.9 Å². The minimum atomic E-state index is -0.466. The summed E-state index contributed by atoms with van der Waals surface area (Å²) in [5.74, 6) is 1.94. The van der Waals surface area contributed by atoms with Crippen LogP contribution < -0.4 is 42.8 Å². The molecule has 1 unspecified atom stereocenters. The fourth-order valence-electron chi connectivity index (χ4n) is 6.35. The average molecular weight is 483 g/mol. The van der Waals surface area contributed by atoms with Crippen molar-refractivity contribution in [3.05, 3.63) is 58.0 Å². The molecule has 182 valence electrons. The van der Waals surface area contributed by atoms with Gasteiger partial charge in [0.2, 0.25) is 0 Å². The molecule has 0 aromatic heterocycles. The summed E-state index contributed by atoms with van der Waals surface area (Å²) in [6, 6.07) is 12.6. The van der Waals surface area contributed by atoms with E-state index in [2.05, 4.69) is 42.5 Å². The zero-order valence-electron chi connectivity index (χ0n) is 19.6. The summed E-state index contributed by atoms with van der Waals surface area (Å²) < 4.78 is 24.1. The third-order valence-corrected chi connectivity index (χ3v) is 7.50. The topological polar surface area (TPSA) is 141 Å². The van der Waals surface area contributed by atoms with Crippen molar-refractivity contribution in [2.24, 2.45) is 22.9 Å². The van der Waals surface area contributed by atoms with E-state index in [1.54, 1.807) is 0 Å². The highest BCUT2D eigenvalue weighted by atomic mass is 16.5. The molecule has 2 aliphatic rings. The fourth-order valence-corrected chi connectivity index (χ4v) is 6.35.